The molecule has 1 fully saturated rings. The summed E-state index contributed by atoms with van der Waals surface area (Å²) in [7, 11) is 1.86. The van der Waals surface area contributed by atoms with Crippen molar-refractivity contribution in [3.8, 4) is 0 Å². The molecule has 0 aliphatic carbocycles. The van der Waals surface area contributed by atoms with Gasteiger partial charge >= 0.3 is 0 Å². The maximum atomic E-state index is 13.3. The third-order valence-electron chi connectivity index (χ3n) is 4.07. The Kier molecular flexibility index (Phi) is 3.92. The molecule has 3 rings (SSSR count). The summed E-state index contributed by atoms with van der Waals surface area (Å²) in [5.41, 5.74) is 1.29. The number of benzene rings is 1. The number of nitrogens with zero attached hydrogens (tertiary/aromatic N) is 3. The van der Waals surface area contributed by atoms with Gasteiger partial charge in [-0.1, -0.05) is 0 Å². The highest BCUT2D eigenvalue weighted by molar-refractivity contribution is 5.94. The maximum absolute atomic E-state index is 13.3. The molecular weight excluding hydrogens is 288 g/mol. The molecule has 1 aliphatic rings. The number of hydrogen-bond acceptors (Lipinski definition) is 2. The highest BCUT2D eigenvalue weighted by Gasteiger charge is 2.26. The van der Waals surface area contributed by atoms with E-state index in [1.807, 2.05) is 19.4 Å². The van der Waals surface area contributed by atoms with Gasteiger partial charge in [0.15, 0.2) is 11.6 Å². The second-order valence-electron chi connectivity index (χ2n) is 5.67. The van der Waals surface area contributed by atoms with Crippen LogP contribution in [0.15, 0.2) is 30.6 Å². The van der Waals surface area contributed by atoms with Gasteiger partial charge in [-0.2, -0.15) is 5.10 Å². The molecule has 1 saturated heterocycles. The highest BCUT2D eigenvalue weighted by atomic mass is 19.2. The zero-order valence-electron chi connectivity index (χ0n) is 12.3. The van der Waals surface area contributed by atoms with Crippen molar-refractivity contribution in [2.45, 2.75) is 18.8 Å². The molecule has 0 N–H and O–H groups in total. The van der Waals surface area contributed by atoms with E-state index in [2.05, 4.69) is 5.10 Å². The Morgan fingerprint density at radius 3 is 2.82 bits per heavy atom. The monoisotopic (exact) mass is 305 g/mol. The molecule has 116 valence electrons. The van der Waals surface area contributed by atoms with Gasteiger partial charge in [0.05, 0.1) is 6.20 Å². The molecule has 1 aromatic heterocycles. The van der Waals surface area contributed by atoms with Crippen molar-refractivity contribution >= 4 is 5.91 Å². The largest absolute Gasteiger partial charge is 0.338 e. The van der Waals surface area contributed by atoms with Crippen molar-refractivity contribution in [2.75, 3.05) is 13.1 Å². The SMILES string of the molecule is Cn1cc(C2CCCN(C(=O)c3ccc(F)c(F)c3)C2)cn1. The van der Waals surface area contributed by atoms with Crippen LogP contribution in [0.3, 0.4) is 0 Å². The van der Waals surface area contributed by atoms with Crippen LogP contribution in [-0.4, -0.2) is 33.7 Å². The van der Waals surface area contributed by atoms with E-state index in [1.165, 1.54) is 6.07 Å². The van der Waals surface area contributed by atoms with Crippen molar-refractivity contribution in [1.82, 2.24) is 14.7 Å². The van der Waals surface area contributed by atoms with Crippen LogP contribution >= 0.6 is 0 Å². The van der Waals surface area contributed by atoms with Gasteiger partial charge in [-0.25, -0.2) is 8.78 Å². The standard InChI is InChI=1S/C16H17F2N3O/c1-20-9-13(8-19-20)12-3-2-6-21(10-12)16(22)11-4-5-14(17)15(18)7-11/h4-5,7-9,12H,2-3,6,10H2,1H3. The summed E-state index contributed by atoms with van der Waals surface area (Å²) < 4.78 is 28.0. The number of hydrogen-bond donors (Lipinski definition) is 0. The van der Waals surface area contributed by atoms with Crippen molar-refractivity contribution in [3.05, 3.63) is 53.4 Å². The summed E-state index contributed by atoms with van der Waals surface area (Å²) in [6.07, 6.45) is 5.65. The van der Waals surface area contributed by atoms with E-state index in [9.17, 15) is 13.6 Å². The van der Waals surface area contributed by atoms with Crippen LogP contribution < -0.4 is 0 Å². The number of piperidine rings is 1. The van der Waals surface area contributed by atoms with E-state index in [0.29, 0.717) is 13.1 Å². The van der Waals surface area contributed by atoms with E-state index < -0.39 is 11.6 Å². The summed E-state index contributed by atoms with van der Waals surface area (Å²) in [5.74, 6) is -1.96. The van der Waals surface area contributed by atoms with Gasteiger partial charge in [0.1, 0.15) is 0 Å². The fourth-order valence-electron chi connectivity index (χ4n) is 2.90. The molecule has 1 amide bonds. The maximum Gasteiger partial charge on any atom is 0.253 e. The first-order chi connectivity index (χ1) is 10.5. The minimum atomic E-state index is -0.994. The zero-order valence-corrected chi connectivity index (χ0v) is 12.3. The molecule has 2 aromatic rings. The number of aromatic nitrogens is 2. The summed E-state index contributed by atoms with van der Waals surface area (Å²) in [4.78, 5) is 14.2. The molecule has 6 heteroatoms. The van der Waals surface area contributed by atoms with Crippen LogP contribution in [0.5, 0.6) is 0 Å². The van der Waals surface area contributed by atoms with Gasteiger partial charge in [0.2, 0.25) is 0 Å². The van der Waals surface area contributed by atoms with Gasteiger partial charge in [-0.3, -0.25) is 9.48 Å². The quantitative estimate of drug-likeness (QED) is 0.855. The first kappa shape index (κ1) is 14.7. The Bertz CT molecular complexity index is 698. The van der Waals surface area contributed by atoms with E-state index in [0.717, 1.165) is 30.5 Å². The lowest BCUT2D eigenvalue weighted by molar-refractivity contribution is 0.0706. The second-order valence-corrected chi connectivity index (χ2v) is 5.67. The summed E-state index contributed by atoms with van der Waals surface area (Å²) in [6.45, 7) is 1.21. The van der Waals surface area contributed by atoms with E-state index in [-0.39, 0.29) is 17.4 Å². The Morgan fingerprint density at radius 1 is 1.32 bits per heavy atom. The zero-order chi connectivity index (χ0) is 15.7. The van der Waals surface area contributed by atoms with Crippen LogP contribution in [-0.2, 0) is 7.05 Å². The minimum Gasteiger partial charge on any atom is -0.338 e. The summed E-state index contributed by atoms with van der Waals surface area (Å²) >= 11 is 0. The first-order valence-corrected chi connectivity index (χ1v) is 7.27. The van der Waals surface area contributed by atoms with Gasteiger partial charge < -0.3 is 4.90 Å². The molecule has 0 spiro atoms. The Morgan fingerprint density at radius 2 is 2.14 bits per heavy atom. The summed E-state index contributed by atoms with van der Waals surface area (Å²) in [5, 5.41) is 4.16. The normalized spacial score (nSPS) is 18.5. The smallest absolute Gasteiger partial charge is 0.253 e. The van der Waals surface area contributed by atoms with Crippen molar-refractivity contribution in [1.29, 1.82) is 0 Å². The van der Waals surface area contributed by atoms with Crippen LogP contribution in [0.2, 0.25) is 0 Å². The van der Waals surface area contributed by atoms with Gasteiger partial charge in [0.25, 0.3) is 5.91 Å². The molecule has 1 atom stereocenters. The number of carbonyl (C=O) groups is 1. The molecular formula is C16H17F2N3O. The lowest BCUT2D eigenvalue weighted by Crippen LogP contribution is -2.39. The van der Waals surface area contributed by atoms with Crippen LogP contribution in [0, 0.1) is 11.6 Å². The molecule has 1 unspecified atom stereocenters. The lowest BCUT2D eigenvalue weighted by atomic mass is 9.92. The molecule has 1 aromatic carbocycles. The molecule has 0 bridgehead atoms. The predicted octanol–water partition coefficient (Wildman–Crippen LogP) is 2.72. The third kappa shape index (κ3) is 2.86. The molecule has 4 nitrogen and oxygen atoms in total. The molecule has 0 radical (unpaired) electrons. The fourth-order valence-corrected chi connectivity index (χ4v) is 2.90. The molecule has 0 saturated carbocycles. The Hall–Kier alpha value is -2.24. The Balaban J connectivity index is 1.76. The number of aryl methyl sites for hydroxylation is 1. The molecule has 1 aliphatic heterocycles. The Labute approximate surface area is 127 Å². The summed E-state index contributed by atoms with van der Waals surface area (Å²) in [6, 6.07) is 3.28. The predicted molar refractivity (Wildman–Crippen MR) is 77.4 cm³/mol. The van der Waals surface area contributed by atoms with Gasteiger partial charge in [0, 0.05) is 37.8 Å². The van der Waals surface area contributed by atoms with Crippen LogP contribution in [0.1, 0.15) is 34.7 Å². The fraction of sp³-hybridized carbons (Fsp3) is 0.375. The second kappa shape index (κ2) is 5.87. The van der Waals surface area contributed by atoms with Gasteiger partial charge in [-0.15, -0.1) is 0 Å². The number of halogens is 2. The van der Waals surface area contributed by atoms with Crippen LogP contribution in [0.25, 0.3) is 0 Å². The van der Waals surface area contributed by atoms with Crippen molar-refractivity contribution < 1.29 is 13.6 Å². The average molecular weight is 305 g/mol. The third-order valence-corrected chi connectivity index (χ3v) is 4.07. The van der Waals surface area contributed by atoms with Crippen molar-refractivity contribution in [2.24, 2.45) is 7.05 Å². The number of rotatable bonds is 2. The first-order valence-electron chi connectivity index (χ1n) is 7.27. The topological polar surface area (TPSA) is 38.1 Å². The molecule has 22 heavy (non-hydrogen) atoms. The lowest BCUT2D eigenvalue weighted by Gasteiger charge is -2.32. The molecule has 2 heterocycles. The number of amides is 1. The van der Waals surface area contributed by atoms with E-state index in [4.69, 9.17) is 0 Å². The van der Waals surface area contributed by atoms with E-state index >= 15 is 0 Å². The number of carbonyl (C=O) groups excluding carboxylic acids is 1. The average Bonchev–Trinajstić information content (AvgIpc) is 2.96. The van der Waals surface area contributed by atoms with E-state index in [1.54, 1.807) is 9.58 Å². The highest BCUT2D eigenvalue weighted by Crippen LogP contribution is 2.27. The minimum absolute atomic E-state index is 0.186. The van der Waals surface area contributed by atoms with Crippen LogP contribution in [0.4, 0.5) is 8.78 Å². The van der Waals surface area contributed by atoms with Crippen molar-refractivity contribution in [3.63, 3.8) is 0 Å². The van der Waals surface area contributed by atoms with Gasteiger partial charge in [-0.05, 0) is 36.6 Å². The number of likely N-dealkylation sites (tertiary alicyclic amines) is 1.